The quantitative estimate of drug-likeness (QED) is 0.286. The number of rotatable bonds is 2. The van der Waals surface area contributed by atoms with Gasteiger partial charge in [-0.15, -0.1) is 0 Å². The molecule has 0 bridgehead atoms. The van der Waals surface area contributed by atoms with E-state index in [4.69, 9.17) is 4.42 Å². The Kier molecular flexibility index (Phi) is 4.87. The average Bonchev–Trinajstić information content (AvgIpc) is 3.03. The highest BCUT2D eigenvalue weighted by Gasteiger charge is 2.43. The molecule has 1 aliphatic rings. The number of anilines is 1. The molecule has 5 rings (SSSR count). The molecule has 1 atom stereocenters. The van der Waals surface area contributed by atoms with E-state index in [0.717, 1.165) is 25.6 Å². The number of hydrogen-bond acceptors (Lipinski definition) is 3. The summed E-state index contributed by atoms with van der Waals surface area (Å²) in [5.41, 5.74) is 4.19. The number of hydrogen-bond donors (Lipinski definition) is 0. The van der Waals surface area contributed by atoms with E-state index in [1.807, 2.05) is 74.5 Å². The van der Waals surface area contributed by atoms with Crippen LogP contribution in [0.3, 0.4) is 0 Å². The Hall–Kier alpha value is -2.70. The number of benzene rings is 3. The molecule has 1 amide bonds. The van der Waals surface area contributed by atoms with Crippen molar-refractivity contribution in [2.45, 2.75) is 19.9 Å². The zero-order valence-electron chi connectivity index (χ0n) is 16.8. The minimum Gasteiger partial charge on any atom is -0.450 e. The summed E-state index contributed by atoms with van der Waals surface area (Å²) in [4.78, 5) is 28.9. The number of halogens is 2. The molecule has 2 heterocycles. The second-order valence-electron chi connectivity index (χ2n) is 7.72. The molecule has 3 aromatic carbocycles. The van der Waals surface area contributed by atoms with Crippen LogP contribution in [0.5, 0.6) is 0 Å². The second kappa shape index (κ2) is 7.46. The Labute approximate surface area is 195 Å². The van der Waals surface area contributed by atoms with Crippen molar-refractivity contribution >= 4 is 54.4 Å². The maximum absolute atomic E-state index is 13.7. The number of fused-ring (bicyclic) bond motifs is 2. The van der Waals surface area contributed by atoms with Crippen molar-refractivity contribution in [2.24, 2.45) is 0 Å². The lowest BCUT2D eigenvalue weighted by molar-refractivity contribution is 0.0971. The van der Waals surface area contributed by atoms with Crippen molar-refractivity contribution in [3.63, 3.8) is 0 Å². The van der Waals surface area contributed by atoms with Gasteiger partial charge in [0.1, 0.15) is 5.58 Å². The first-order chi connectivity index (χ1) is 14.8. The molecule has 1 unspecified atom stereocenters. The molecule has 6 heteroatoms. The van der Waals surface area contributed by atoms with Gasteiger partial charge in [0.25, 0.3) is 5.91 Å². The number of amides is 1. The average molecular weight is 539 g/mol. The summed E-state index contributed by atoms with van der Waals surface area (Å²) in [5, 5.41) is 0.493. The Balaban J connectivity index is 1.83. The highest BCUT2D eigenvalue weighted by Crippen LogP contribution is 2.42. The molecule has 154 valence electrons. The van der Waals surface area contributed by atoms with E-state index in [9.17, 15) is 9.59 Å². The van der Waals surface area contributed by atoms with E-state index >= 15 is 0 Å². The lowest BCUT2D eigenvalue weighted by Gasteiger charge is -2.25. The second-order valence-corrected chi connectivity index (χ2v) is 9.55. The molecule has 4 nitrogen and oxygen atoms in total. The first-order valence-corrected chi connectivity index (χ1v) is 11.4. The third-order valence-corrected chi connectivity index (χ3v) is 6.78. The largest absolute Gasteiger partial charge is 0.450 e. The maximum atomic E-state index is 13.7. The Morgan fingerprint density at radius 3 is 2.29 bits per heavy atom. The summed E-state index contributed by atoms with van der Waals surface area (Å²) in [6.07, 6.45) is 0. The van der Waals surface area contributed by atoms with Crippen LogP contribution in [0, 0.1) is 13.8 Å². The van der Waals surface area contributed by atoms with Crippen LogP contribution < -0.4 is 10.3 Å². The number of carbonyl (C=O) groups excluding carboxylic acids is 1. The van der Waals surface area contributed by atoms with Gasteiger partial charge in [0.15, 0.2) is 5.43 Å². The summed E-state index contributed by atoms with van der Waals surface area (Å²) in [7, 11) is 0. The first-order valence-electron chi connectivity index (χ1n) is 9.77. The Morgan fingerprint density at radius 2 is 1.58 bits per heavy atom. The summed E-state index contributed by atoms with van der Waals surface area (Å²) >= 11 is 6.96. The van der Waals surface area contributed by atoms with E-state index in [1.54, 1.807) is 4.90 Å². The van der Waals surface area contributed by atoms with Crippen LogP contribution in [0.2, 0.25) is 0 Å². The molecule has 0 saturated heterocycles. The van der Waals surface area contributed by atoms with Crippen molar-refractivity contribution in [2.75, 3.05) is 4.90 Å². The third-order valence-electron chi connectivity index (χ3n) is 5.76. The van der Waals surface area contributed by atoms with Crippen LogP contribution in [0.25, 0.3) is 11.0 Å². The van der Waals surface area contributed by atoms with Gasteiger partial charge in [-0.1, -0.05) is 44.0 Å². The van der Waals surface area contributed by atoms with Crippen molar-refractivity contribution in [3.05, 3.63) is 108 Å². The highest BCUT2D eigenvalue weighted by atomic mass is 79.9. The molecule has 31 heavy (non-hydrogen) atoms. The number of aryl methyl sites for hydroxylation is 2. The molecular weight excluding hydrogens is 522 g/mol. The summed E-state index contributed by atoms with van der Waals surface area (Å²) in [6, 6.07) is 18.2. The lowest BCUT2D eigenvalue weighted by Crippen LogP contribution is -2.29. The topological polar surface area (TPSA) is 50.5 Å². The van der Waals surface area contributed by atoms with Crippen molar-refractivity contribution in [3.8, 4) is 0 Å². The minimum atomic E-state index is -0.580. The molecular formula is C25H17Br2NO3. The van der Waals surface area contributed by atoms with Gasteiger partial charge in [-0.05, 0) is 79.1 Å². The molecule has 0 fully saturated rings. The zero-order valence-corrected chi connectivity index (χ0v) is 20.0. The van der Waals surface area contributed by atoms with Gasteiger partial charge < -0.3 is 4.42 Å². The zero-order chi connectivity index (χ0) is 21.9. The normalized spacial score (nSPS) is 15.5. The first kappa shape index (κ1) is 20.2. The highest BCUT2D eigenvalue weighted by molar-refractivity contribution is 9.10. The number of nitrogens with zero attached hydrogens (tertiary/aromatic N) is 1. The predicted octanol–water partition coefficient (Wildman–Crippen LogP) is 6.68. The fourth-order valence-corrected chi connectivity index (χ4v) is 4.77. The molecule has 0 N–H and O–H groups in total. The molecule has 0 radical (unpaired) electrons. The van der Waals surface area contributed by atoms with Gasteiger partial charge in [-0.25, -0.2) is 0 Å². The molecule has 1 aliphatic heterocycles. The van der Waals surface area contributed by atoms with Gasteiger partial charge in [-0.2, -0.15) is 0 Å². The van der Waals surface area contributed by atoms with E-state index < -0.39 is 6.04 Å². The maximum Gasteiger partial charge on any atom is 0.295 e. The van der Waals surface area contributed by atoms with Crippen LogP contribution in [-0.2, 0) is 0 Å². The molecule has 1 aromatic heterocycles. The summed E-state index contributed by atoms with van der Waals surface area (Å²) in [5.74, 6) is -0.215. The monoisotopic (exact) mass is 537 g/mol. The van der Waals surface area contributed by atoms with Crippen LogP contribution in [-0.4, -0.2) is 5.91 Å². The van der Waals surface area contributed by atoms with Gasteiger partial charge in [0.2, 0.25) is 5.76 Å². The minimum absolute atomic E-state index is 0.105. The van der Waals surface area contributed by atoms with Crippen molar-refractivity contribution < 1.29 is 9.21 Å². The summed E-state index contributed by atoms with van der Waals surface area (Å²) in [6.45, 7) is 3.93. The van der Waals surface area contributed by atoms with E-state index in [1.165, 1.54) is 0 Å². The molecule has 0 aliphatic carbocycles. The standard InChI is InChI=1S/C25H17Br2NO3/c1-13-10-19-20(11-14(13)2)31-24-21(23(19)29)22(15-4-3-5-17(27)12-15)28(25(24)30)18-8-6-16(26)7-9-18/h3-12,22H,1-2H3. The fourth-order valence-electron chi connectivity index (χ4n) is 4.09. The number of carbonyl (C=O) groups is 1. The van der Waals surface area contributed by atoms with Crippen LogP contribution in [0.1, 0.15) is 38.9 Å². The summed E-state index contributed by atoms with van der Waals surface area (Å²) < 4.78 is 7.86. The molecule has 4 aromatic rings. The van der Waals surface area contributed by atoms with Gasteiger partial charge in [0.05, 0.1) is 17.0 Å². The van der Waals surface area contributed by atoms with Crippen LogP contribution in [0.4, 0.5) is 5.69 Å². The van der Waals surface area contributed by atoms with Gasteiger partial charge in [0, 0.05) is 14.6 Å². The SMILES string of the molecule is Cc1cc2oc3c(c(=O)c2cc1C)C(c1cccc(Br)c1)N(c1ccc(Br)cc1)C3=O. The van der Waals surface area contributed by atoms with E-state index in [-0.39, 0.29) is 17.1 Å². The Morgan fingerprint density at radius 1 is 0.871 bits per heavy atom. The smallest absolute Gasteiger partial charge is 0.295 e. The fraction of sp³-hybridized carbons (Fsp3) is 0.120. The van der Waals surface area contributed by atoms with E-state index in [2.05, 4.69) is 31.9 Å². The van der Waals surface area contributed by atoms with Crippen LogP contribution in [0.15, 0.2) is 78.8 Å². The van der Waals surface area contributed by atoms with E-state index in [0.29, 0.717) is 22.2 Å². The molecule has 0 saturated carbocycles. The van der Waals surface area contributed by atoms with Gasteiger partial charge >= 0.3 is 0 Å². The van der Waals surface area contributed by atoms with Crippen molar-refractivity contribution in [1.82, 2.24) is 0 Å². The third kappa shape index (κ3) is 3.25. The van der Waals surface area contributed by atoms with Gasteiger partial charge in [-0.3, -0.25) is 14.5 Å². The van der Waals surface area contributed by atoms with Crippen molar-refractivity contribution in [1.29, 1.82) is 0 Å². The molecule has 0 spiro atoms. The lowest BCUT2D eigenvalue weighted by atomic mass is 9.97. The van der Waals surface area contributed by atoms with Crippen LogP contribution >= 0.6 is 31.9 Å². The Bertz CT molecular complexity index is 1420. The predicted molar refractivity (Wildman–Crippen MR) is 129 cm³/mol.